The van der Waals surface area contributed by atoms with Gasteiger partial charge in [-0.3, -0.25) is 4.79 Å². The van der Waals surface area contributed by atoms with Gasteiger partial charge >= 0.3 is 0 Å². The van der Waals surface area contributed by atoms with E-state index in [1.54, 1.807) is 0 Å². The highest BCUT2D eigenvalue weighted by atomic mass is 19.2. The van der Waals surface area contributed by atoms with E-state index in [2.05, 4.69) is 5.32 Å². The minimum atomic E-state index is -1.60. The lowest BCUT2D eigenvalue weighted by Gasteiger charge is -2.20. The lowest BCUT2D eigenvalue weighted by Crippen LogP contribution is -2.38. The zero-order chi connectivity index (χ0) is 17.6. The van der Waals surface area contributed by atoms with Crippen molar-refractivity contribution in [2.75, 3.05) is 13.2 Å². The molecule has 0 fully saturated rings. The second-order valence-electron chi connectivity index (χ2n) is 5.74. The number of benzene rings is 1. The summed E-state index contributed by atoms with van der Waals surface area (Å²) < 4.78 is 44.8. The van der Waals surface area contributed by atoms with Crippen molar-refractivity contribution in [1.82, 2.24) is 5.32 Å². The van der Waals surface area contributed by atoms with Gasteiger partial charge in [-0.15, -0.1) is 0 Å². The van der Waals surface area contributed by atoms with Gasteiger partial charge in [0.25, 0.3) is 0 Å². The molecule has 2 N–H and O–H groups in total. The van der Waals surface area contributed by atoms with Crippen LogP contribution in [0.25, 0.3) is 0 Å². The van der Waals surface area contributed by atoms with Gasteiger partial charge in [-0.2, -0.15) is 0 Å². The van der Waals surface area contributed by atoms with Crippen molar-refractivity contribution in [3.8, 4) is 0 Å². The molecule has 2 unspecified atom stereocenters. The van der Waals surface area contributed by atoms with E-state index in [1.165, 1.54) is 6.92 Å². The van der Waals surface area contributed by atoms with Gasteiger partial charge in [0.15, 0.2) is 17.5 Å². The number of hydrogen-bond donors (Lipinski definition) is 2. The monoisotopic (exact) mass is 333 g/mol. The zero-order valence-electron chi connectivity index (χ0n) is 13.4. The van der Waals surface area contributed by atoms with E-state index < -0.39 is 42.1 Å². The topological polar surface area (TPSA) is 58.6 Å². The smallest absolute Gasteiger partial charge is 0.249 e. The molecule has 1 aromatic rings. The van der Waals surface area contributed by atoms with Gasteiger partial charge in [-0.05, 0) is 37.0 Å². The van der Waals surface area contributed by atoms with E-state index in [9.17, 15) is 23.1 Å². The molecule has 0 heterocycles. The van der Waals surface area contributed by atoms with Gasteiger partial charge in [-0.25, -0.2) is 13.2 Å². The molecule has 1 amide bonds. The van der Waals surface area contributed by atoms with Crippen molar-refractivity contribution in [1.29, 1.82) is 0 Å². The quantitative estimate of drug-likeness (QED) is 0.719. The van der Waals surface area contributed by atoms with E-state index in [0.29, 0.717) is 12.5 Å². The summed E-state index contributed by atoms with van der Waals surface area (Å²) in [5.41, 5.74) is -0.0633. The first-order valence-electron chi connectivity index (χ1n) is 7.43. The molecule has 0 spiro atoms. The van der Waals surface area contributed by atoms with Crippen LogP contribution < -0.4 is 5.32 Å². The van der Waals surface area contributed by atoms with Gasteiger partial charge in [0, 0.05) is 6.61 Å². The molecule has 2 atom stereocenters. The van der Waals surface area contributed by atoms with Crippen molar-refractivity contribution in [2.24, 2.45) is 5.92 Å². The van der Waals surface area contributed by atoms with Crippen LogP contribution >= 0.6 is 0 Å². The standard InChI is InChI=1S/C16H22F3NO3/c1-9(2)4-5-23-10(3)16(22)20-14(8-21)11-6-12(17)15(19)13(18)7-11/h6-7,9-10,14,21H,4-5,8H2,1-3H3,(H,20,22). The normalized spacial score (nSPS) is 13.9. The summed E-state index contributed by atoms with van der Waals surface area (Å²) in [5, 5.41) is 11.7. The average Bonchev–Trinajstić information content (AvgIpc) is 2.48. The highest BCUT2D eigenvalue weighted by Crippen LogP contribution is 2.19. The van der Waals surface area contributed by atoms with Crippen LogP contribution in [0.1, 0.15) is 38.8 Å². The second-order valence-corrected chi connectivity index (χ2v) is 5.74. The molecule has 1 rings (SSSR count). The highest BCUT2D eigenvalue weighted by molar-refractivity contribution is 5.80. The number of halogens is 3. The second kappa shape index (κ2) is 8.88. The maximum atomic E-state index is 13.2. The van der Waals surface area contributed by atoms with E-state index in [-0.39, 0.29) is 5.56 Å². The summed E-state index contributed by atoms with van der Waals surface area (Å²) in [5.74, 6) is -4.46. The Labute approximate surface area is 133 Å². The van der Waals surface area contributed by atoms with Gasteiger partial charge < -0.3 is 15.2 Å². The first-order valence-corrected chi connectivity index (χ1v) is 7.43. The molecule has 7 heteroatoms. The predicted octanol–water partition coefficient (Wildman–Crippen LogP) is 2.70. The third-order valence-corrected chi connectivity index (χ3v) is 3.34. The number of aliphatic hydroxyl groups excluding tert-OH is 1. The number of rotatable bonds is 8. The van der Waals surface area contributed by atoms with Gasteiger partial charge in [0.05, 0.1) is 12.6 Å². The largest absolute Gasteiger partial charge is 0.394 e. The fourth-order valence-electron chi connectivity index (χ4n) is 1.86. The first kappa shape index (κ1) is 19.4. The number of aliphatic hydroxyl groups is 1. The Morgan fingerprint density at radius 3 is 2.26 bits per heavy atom. The Bertz CT molecular complexity index is 514. The first-order chi connectivity index (χ1) is 10.8. The number of carbonyl (C=O) groups is 1. The fraction of sp³-hybridized carbons (Fsp3) is 0.562. The van der Waals surface area contributed by atoms with Crippen LogP contribution in [0.5, 0.6) is 0 Å². The molecule has 0 bridgehead atoms. The molecule has 4 nitrogen and oxygen atoms in total. The molecular formula is C16H22F3NO3. The fourth-order valence-corrected chi connectivity index (χ4v) is 1.86. The Hall–Kier alpha value is -1.60. The van der Waals surface area contributed by atoms with Crippen molar-refractivity contribution in [2.45, 2.75) is 39.3 Å². The van der Waals surface area contributed by atoms with Crippen molar-refractivity contribution in [3.63, 3.8) is 0 Å². The number of carbonyl (C=O) groups excluding carboxylic acids is 1. The Balaban J connectivity index is 2.70. The molecule has 23 heavy (non-hydrogen) atoms. The maximum absolute atomic E-state index is 13.2. The average molecular weight is 333 g/mol. The van der Waals surface area contributed by atoms with Crippen LogP contribution in [0.4, 0.5) is 13.2 Å². The molecule has 0 aromatic heterocycles. The number of nitrogens with one attached hydrogen (secondary N) is 1. The van der Waals surface area contributed by atoms with Gasteiger partial charge in [0.1, 0.15) is 6.10 Å². The maximum Gasteiger partial charge on any atom is 0.249 e. The van der Waals surface area contributed by atoms with Crippen molar-refractivity contribution in [3.05, 3.63) is 35.1 Å². The van der Waals surface area contributed by atoms with E-state index in [4.69, 9.17) is 4.74 Å². The number of ether oxygens (including phenoxy) is 1. The molecule has 130 valence electrons. The summed E-state index contributed by atoms with van der Waals surface area (Å²) >= 11 is 0. The van der Waals surface area contributed by atoms with E-state index in [1.807, 2.05) is 13.8 Å². The Morgan fingerprint density at radius 1 is 1.22 bits per heavy atom. The van der Waals surface area contributed by atoms with Crippen LogP contribution in [0.15, 0.2) is 12.1 Å². The summed E-state index contributed by atoms with van der Waals surface area (Å²) in [6.45, 7) is 5.39. The molecule has 0 saturated heterocycles. The summed E-state index contributed by atoms with van der Waals surface area (Å²) in [6, 6.07) is 0.427. The SMILES string of the molecule is CC(C)CCOC(C)C(=O)NC(CO)c1cc(F)c(F)c(F)c1. The van der Waals surface area contributed by atoms with Crippen molar-refractivity contribution < 1.29 is 27.8 Å². The summed E-state index contributed by atoms with van der Waals surface area (Å²) in [6.07, 6.45) is 0.00745. The highest BCUT2D eigenvalue weighted by Gasteiger charge is 2.21. The predicted molar refractivity (Wildman–Crippen MR) is 79.2 cm³/mol. The Kier molecular flexibility index (Phi) is 7.51. The third kappa shape index (κ3) is 5.84. The molecule has 0 aliphatic carbocycles. The van der Waals surface area contributed by atoms with Gasteiger partial charge in [0.2, 0.25) is 5.91 Å². The molecular weight excluding hydrogens is 311 g/mol. The van der Waals surface area contributed by atoms with Gasteiger partial charge in [-0.1, -0.05) is 13.8 Å². The summed E-state index contributed by atoms with van der Waals surface area (Å²) in [7, 11) is 0. The lowest BCUT2D eigenvalue weighted by molar-refractivity contribution is -0.133. The minimum Gasteiger partial charge on any atom is -0.394 e. The Morgan fingerprint density at radius 2 is 1.78 bits per heavy atom. The molecule has 0 aliphatic heterocycles. The van der Waals surface area contributed by atoms with Crippen LogP contribution in [-0.4, -0.2) is 30.3 Å². The molecule has 0 aliphatic rings. The lowest BCUT2D eigenvalue weighted by atomic mass is 10.1. The summed E-state index contributed by atoms with van der Waals surface area (Å²) in [4.78, 5) is 12.0. The van der Waals surface area contributed by atoms with Crippen LogP contribution in [0.2, 0.25) is 0 Å². The van der Waals surface area contributed by atoms with Crippen LogP contribution in [-0.2, 0) is 9.53 Å². The van der Waals surface area contributed by atoms with Crippen molar-refractivity contribution >= 4 is 5.91 Å². The minimum absolute atomic E-state index is 0.0633. The van der Waals surface area contributed by atoms with Crippen LogP contribution in [0, 0.1) is 23.4 Å². The van der Waals surface area contributed by atoms with E-state index >= 15 is 0 Å². The molecule has 1 aromatic carbocycles. The zero-order valence-corrected chi connectivity index (χ0v) is 13.4. The van der Waals surface area contributed by atoms with E-state index in [0.717, 1.165) is 18.6 Å². The number of amides is 1. The molecule has 0 radical (unpaired) electrons. The molecule has 0 saturated carbocycles. The van der Waals surface area contributed by atoms with Crippen LogP contribution in [0.3, 0.4) is 0 Å². The number of hydrogen-bond acceptors (Lipinski definition) is 3. The third-order valence-electron chi connectivity index (χ3n) is 3.34.